The summed E-state index contributed by atoms with van der Waals surface area (Å²) in [7, 11) is 0. The van der Waals surface area contributed by atoms with Gasteiger partial charge in [-0.25, -0.2) is 0 Å². The van der Waals surface area contributed by atoms with E-state index in [1.807, 2.05) is 0 Å². The fourth-order valence-electron chi connectivity index (χ4n) is 6.26. The summed E-state index contributed by atoms with van der Waals surface area (Å²) in [5.41, 5.74) is 5.69. The second-order valence-corrected chi connectivity index (χ2v) is 12.7. The fourth-order valence-corrected chi connectivity index (χ4v) is 6.26. The smallest absolute Gasteiger partial charge is 0.0419 e. The van der Waals surface area contributed by atoms with Crippen LogP contribution in [0.5, 0.6) is 0 Å². The molecule has 0 saturated carbocycles. The Bertz CT molecular complexity index is 826. The third kappa shape index (κ3) is 18.4. The van der Waals surface area contributed by atoms with Crippen molar-refractivity contribution in [2.75, 3.05) is 5.32 Å². The summed E-state index contributed by atoms with van der Waals surface area (Å²) in [5, 5.41) is 3.75. The number of hydrogen-bond acceptors (Lipinski definition) is 1. The summed E-state index contributed by atoms with van der Waals surface area (Å²) in [6.45, 7) is 4.61. The van der Waals surface area contributed by atoms with Gasteiger partial charge in [-0.1, -0.05) is 185 Å². The van der Waals surface area contributed by atoms with Crippen LogP contribution in [0.4, 0.5) is 11.4 Å². The fraction of sp³-hybridized carbons (Fsp3) is 0.700. The molecule has 232 valence electrons. The molecule has 0 aliphatic rings. The number of benzene rings is 2. The highest BCUT2D eigenvalue weighted by Crippen LogP contribution is 2.28. The SMILES string of the molecule is CCCCCCCCCCCCCCc1cccc(Nc2ccccc2)c1CCCCCCCCCCCCCC. The minimum absolute atomic E-state index is 1.20. The van der Waals surface area contributed by atoms with Crippen LogP contribution in [0.2, 0.25) is 0 Å². The van der Waals surface area contributed by atoms with Crippen LogP contribution in [-0.4, -0.2) is 0 Å². The van der Waals surface area contributed by atoms with Gasteiger partial charge in [-0.3, -0.25) is 0 Å². The average molecular weight is 562 g/mol. The molecule has 0 heterocycles. The van der Waals surface area contributed by atoms with Gasteiger partial charge in [0, 0.05) is 11.4 Å². The van der Waals surface area contributed by atoms with Crippen LogP contribution in [0.3, 0.4) is 0 Å². The minimum Gasteiger partial charge on any atom is -0.355 e. The molecular formula is C40H67N. The van der Waals surface area contributed by atoms with Crippen LogP contribution in [-0.2, 0) is 12.8 Å². The molecule has 0 aliphatic heterocycles. The monoisotopic (exact) mass is 562 g/mol. The summed E-state index contributed by atoms with van der Waals surface area (Å²) in [5.74, 6) is 0. The Morgan fingerprint density at radius 3 is 1.27 bits per heavy atom. The quantitative estimate of drug-likeness (QED) is 0.102. The summed E-state index contributed by atoms with van der Waals surface area (Å²) >= 11 is 0. The van der Waals surface area contributed by atoms with Gasteiger partial charge in [0.05, 0.1) is 0 Å². The molecule has 2 rings (SSSR count). The zero-order valence-electron chi connectivity index (χ0n) is 27.5. The van der Waals surface area contributed by atoms with Gasteiger partial charge in [0.1, 0.15) is 0 Å². The Morgan fingerprint density at radius 2 is 0.805 bits per heavy atom. The van der Waals surface area contributed by atoms with Crippen molar-refractivity contribution in [2.24, 2.45) is 0 Å². The van der Waals surface area contributed by atoms with E-state index in [0.717, 1.165) is 0 Å². The van der Waals surface area contributed by atoms with E-state index in [2.05, 4.69) is 67.7 Å². The summed E-state index contributed by atoms with van der Waals surface area (Å²) < 4.78 is 0. The molecule has 41 heavy (non-hydrogen) atoms. The topological polar surface area (TPSA) is 12.0 Å². The number of unbranched alkanes of at least 4 members (excludes halogenated alkanes) is 22. The lowest BCUT2D eigenvalue weighted by Crippen LogP contribution is -2.02. The van der Waals surface area contributed by atoms with Crippen LogP contribution in [0.15, 0.2) is 48.5 Å². The maximum Gasteiger partial charge on any atom is 0.0419 e. The van der Waals surface area contributed by atoms with Gasteiger partial charge in [-0.2, -0.15) is 0 Å². The van der Waals surface area contributed by atoms with E-state index >= 15 is 0 Å². The molecule has 0 spiro atoms. The van der Waals surface area contributed by atoms with Gasteiger partial charge < -0.3 is 5.32 Å². The second-order valence-electron chi connectivity index (χ2n) is 12.7. The number of nitrogens with one attached hydrogen (secondary N) is 1. The Morgan fingerprint density at radius 1 is 0.390 bits per heavy atom. The highest BCUT2D eigenvalue weighted by molar-refractivity contribution is 5.64. The molecule has 1 heteroatoms. The molecule has 0 atom stereocenters. The largest absolute Gasteiger partial charge is 0.355 e. The van der Waals surface area contributed by atoms with Crippen molar-refractivity contribution in [1.29, 1.82) is 0 Å². The molecule has 0 bridgehead atoms. The summed E-state index contributed by atoms with van der Waals surface area (Å²) in [4.78, 5) is 0. The second kappa shape index (κ2) is 25.9. The first-order chi connectivity index (χ1) is 20.3. The molecular weight excluding hydrogens is 494 g/mol. The van der Waals surface area contributed by atoms with E-state index in [-0.39, 0.29) is 0 Å². The number of anilines is 2. The van der Waals surface area contributed by atoms with Crippen molar-refractivity contribution in [3.8, 4) is 0 Å². The Balaban J connectivity index is 1.70. The van der Waals surface area contributed by atoms with Crippen molar-refractivity contribution in [1.82, 2.24) is 0 Å². The van der Waals surface area contributed by atoms with Crippen LogP contribution >= 0.6 is 0 Å². The predicted molar refractivity (Wildman–Crippen MR) is 186 cm³/mol. The number of aryl methyl sites for hydroxylation is 1. The van der Waals surface area contributed by atoms with E-state index in [4.69, 9.17) is 0 Å². The van der Waals surface area contributed by atoms with Gasteiger partial charge in [0.15, 0.2) is 0 Å². The van der Waals surface area contributed by atoms with Gasteiger partial charge >= 0.3 is 0 Å². The Kier molecular flexibility index (Phi) is 22.4. The van der Waals surface area contributed by atoms with E-state index in [0.29, 0.717) is 0 Å². The average Bonchev–Trinajstić information content (AvgIpc) is 2.99. The zero-order valence-corrected chi connectivity index (χ0v) is 27.5. The first-order valence-corrected chi connectivity index (χ1v) is 18.3. The lowest BCUT2D eigenvalue weighted by molar-refractivity contribution is 0.542. The Labute approximate surface area is 256 Å². The maximum absolute atomic E-state index is 3.75. The lowest BCUT2D eigenvalue weighted by Gasteiger charge is -2.17. The maximum atomic E-state index is 3.75. The van der Waals surface area contributed by atoms with Crippen molar-refractivity contribution in [3.63, 3.8) is 0 Å². The predicted octanol–water partition coefficient (Wildman–Crippen LogP) is 13.9. The van der Waals surface area contributed by atoms with Crippen LogP contribution < -0.4 is 5.32 Å². The van der Waals surface area contributed by atoms with E-state index in [1.54, 1.807) is 11.1 Å². The standard InChI is InChI=1S/C40H67N/c1-3-5-7-9-11-13-15-17-19-21-23-26-31-37-32-30-36-40(41-38-33-27-25-28-34-38)39(37)35-29-24-22-20-18-16-14-12-10-8-6-4-2/h25,27-28,30,32-34,36,41H,3-24,26,29,31,35H2,1-2H3. The first-order valence-electron chi connectivity index (χ1n) is 18.3. The molecule has 1 nitrogen and oxygen atoms in total. The molecule has 0 radical (unpaired) electrons. The molecule has 0 fully saturated rings. The van der Waals surface area contributed by atoms with Crippen molar-refractivity contribution in [2.45, 2.75) is 181 Å². The minimum atomic E-state index is 1.20. The van der Waals surface area contributed by atoms with Gasteiger partial charge in [-0.05, 0) is 55.0 Å². The molecule has 0 aliphatic carbocycles. The van der Waals surface area contributed by atoms with Crippen LogP contribution in [0, 0.1) is 0 Å². The molecule has 0 amide bonds. The zero-order chi connectivity index (χ0) is 29.1. The lowest BCUT2D eigenvalue weighted by atomic mass is 9.94. The number of rotatable bonds is 28. The highest BCUT2D eigenvalue weighted by atomic mass is 14.9. The summed E-state index contributed by atoms with van der Waals surface area (Å²) in [6, 6.07) is 17.7. The van der Waals surface area contributed by atoms with Crippen molar-refractivity contribution < 1.29 is 0 Å². The molecule has 2 aromatic rings. The van der Waals surface area contributed by atoms with E-state index in [9.17, 15) is 0 Å². The van der Waals surface area contributed by atoms with Crippen LogP contribution in [0.25, 0.3) is 0 Å². The van der Waals surface area contributed by atoms with Crippen LogP contribution in [0.1, 0.15) is 179 Å². The first kappa shape index (κ1) is 35.4. The molecule has 0 aromatic heterocycles. The third-order valence-electron chi connectivity index (χ3n) is 8.91. The highest BCUT2D eigenvalue weighted by Gasteiger charge is 2.09. The Hall–Kier alpha value is -1.76. The van der Waals surface area contributed by atoms with Crippen molar-refractivity contribution >= 4 is 11.4 Å². The molecule has 0 unspecified atom stereocenters. The molecule has 0 saturated heterocycles. The van der Waals surface area contributed by atoms with E-state index in [1.165, 1.54) is 178 Å². The van der Waals surface area contributed by atoms with Gasteiger partial charge in [0.25, 0.3) is 0 Å². The van der Waals surface area contributed by atoms with Crippen molar-refractivity contribution in [3.05, 3.63) is 59.7 Å². The summed E-state index contributed by atoms with van der Waals surface area (Å²) in [6.07, 6.45) is 36.4. The van der Waals surface area contributed by atoms with E-state index < -0.39 is 0 Å². The molecule has 1 N–H and O–H groups in total. The van der Waals surface area contributed by atoms with Gasteiger partial charge in [0.2, 0.25) is 0 Å². The number of para-hydroxylation sites is 1. The van der Waals surface area contributed by atoms with Gasteiger partial charge in [-0.15, -0.1) is 0 Å². The normalized spacial score (nSPS) is 11.3. The number of hydrogen-bond donors (Lipinski definition) is 1. The third-order valence-corrected chi connectivity index (χ3v) is 8.91. The molecule has 2 aromatic carbocycles.